The lowest BCUT2D eigenvalue weighted by Crippen LogP contribution is -2.45. The number of aliphatic carboxylic acids is 1. The van der Waals surface area contributed by atoms with Gasteiger partial charge in [-0.05, 0) is 12.5 Å². The van der Waals surface area contributed by atoms with Crippen molar-refractivity contribution in [2.75, 3.05) is 6.54 Å². The molecule has 1 aromatic carbocycles. The molecular formula is C13H16N2O4. The summed E-state index contributed by atoms with van der Waals surface area (Å²) in [5, 5.41) is 11.5. The number of carbonyl (C=O) groups excluding carboxylic acids is 2. The van der Waals surface area contributed by atoms with Crippen molar-refractivity contribution in [3.8, 4) is 0 Å². The number of urea groups is 1. The molecule has 0 aliphatic heterocycles. The number of amides is 3. The molecule has 0 aliphatic rings. The molecule has 0 radical (unpaired) electrons. The summed E-state index contributed by atoms with van der Waals surface area (Å²) in [5.41, 5.74) is 0.447. The van der Waals surface area contributed by atoms with E-state index in [0.29, 0.717) is 5.56 Å². The number of rotatable bonds is 4. The molecule has 1 unspecified atom stereocenters. The highest BCUT2D eigenvalue weighted by Gasteiger charge is 2.25. The number of carboxylic acids is 1. The number of carboxylic acid groups (broad SMARTS) is 1. The lowest BCUT2D eigenvalue weighted by molar-refractivity contribution is -0.139. The standard InChI is InChI=1S/C13H16N2O4/c1-3-15(9(2)16)13(19)14-11(12(17)18)10-7-5-4-6-8-10/h4-8,11H,3H2,1-2H3,(H,14,19)(H,17,18). The maximum Gasteiger partial charge on any atom is 0.330 e. The van der Waals surface area contributed by atoms with E-state index in [1.807, 2.05) is 0 Å². The van der Waals surface area contributed by atoms with Gasteiger partial charge >= 0.3 is 12.0 Å². The quantitative estimate of drug-likeness (QED) is 0.860. The molecule has 0 fully saturated rings. The van der Waals surface area contributed by atoms with Crippen LogP contribution in [0.5, 0.6) is 0 Å². The van der Waals surface area contributed by atoms with Crippen LogP contribution in [0.15, 0.2) is 30.3 Å². The zero-order chi connectivity index (χ0) is 14.4. The van der Waals surface area contributed by atoms with E-state index in [9.17, 15) is 14.4 Å². The fraction of sp³-hybridized carbons (Fsp3) is 0.308. The normalized spacial score (nSPS) is 11.5. The molecule has 6 heteroatoms. The van der Waals surface area contributed by atoms with E-state index < -0.39 is 23.9 Å². The highest BCUT2D eigenvalue weighted by molar-refractivity contribution is 5.95. The van der Waals surface area contributed by atoms with Gasteiger partial charge in [0, 0.05) is 13.5 Å². The summed E-state index contributed by atoms with van der Waals surface area (Å²) in [6.45, 7) is 3.07. The molecule has 0 spiro atoms. The molecule has 0 aromatic heterocycles. The van der Waals surface area contributed by atoms with Crippen molar-refractivity contribution in [3.05, 3.63) is 35.9 Å². The van der Waals surface area contributed by atoms with Crippen LogP contribution in [0.1, 0.15) is 25.5 Å². The maximum atomic E-state index is 11.8. The molecule has 0 aliphatic carbocycles. The summed E-state index contributed by atoms with van der Waals surface area (Å²) in [6.07, 6.45) is 0. The van der Waals surface area contributed by atoms with Crippen molar-refractivity contribution in [1.29, 1.82) is 0 Å². The molecule has 19 heavy (non-hydrogen) atoms. The molecule has 6 nitrogen and oxygen atoms in total. The Labute approximate surface area is 111 Å². The summed E-state index contributed by atoms with van der Waals surface area (Å²) in [4.78, 5) is 35.2. The molecular weight excluding hydrogens is 248 g/mol. The molecule has 1 aromatic rings. The zero-order valence-electron chi connectivity index (χ0n) is 10.8. The third-order valence-corrected chi connectivity index (χ3v) is 2.59. The number of imide groups is 1. The molecule has 1 atom stereocenters. The van der Waals surface area contributed by atoms with Crippen LogP contribution in [0.3, 0.4) is 0 Å². The minimum atomic E-state index is -1.18. The SMILES string of the molecule is CCN(C(C)=O)C(=O)NC(C(=O)O)c1ccccc1. The zero-order valence-corrected chi connectivity index (χ0v) is 10.8. The average Bonchev–Trinajstić information content (AvgIpc) is 2.37. The van der Waals surface area contributed by atoms with E-state index in [-0.39, 0.29) is 6.54 Å². The smallest absolute Gasteiger partial charge is 0.330 e. The lowest BCUT2D eigenvalue weighted by Gasteiger charge is -2.21. The number of nitrogens with one attached hydrogen (secondary N) is 1. The van der Waals surface area contributed by atoms with Crippen molar-refractivity contribution in [2.45, 2.75) is 19.9 Å². The van der Waals surface area contributed by atoms with Crippen LogP contribution in [0, 0.1) is 0 Å². The van der Waals surface area contributed by atoms with E-state index in [4.69, 9.17) is 5.11 Å². The first kappa shape index (κ1) is 14.7. The van der Waals surface area contributed by atoms with Gasteiger partial charge in [0.05, 0.1) is 0 Å². The second-order valence-corrected chi connectivity index (χ2v) is 3.89. The van der Waals surface area contributed by atoms with E-state index in [0.717, 1.165) is 4.90 Å². The highest BCUT2D eigenvalue weighted by Crippen LogP contribution is 2.13. The van der Waals surface area contributed by atoms with Gasteiger partial charge in [-0.15, -0.1) is 0 Å². The van der Waals surface area contributed by atoms with Crippen molar-refractivity contribution in [3.63, 3.8) is 0 Å². The lowest BCUT2D eigenvalue weighted by atomic mass is 10.1. The Morgan fingerprint density at radius 1 is 1.26 bits per heavy atom. The van der Waals surface area contributed by atoms with Crippen molar-refractivity contribution in [2.24, 2.45) is 0 Å². The third kappa shape index (κ3) is 3.80. The Kier molecular flexibility index (Phi) is 5.05. The Hall–Kier alpha value is -2.37. The van der Waals surface area contributed by atoms with E-state index in [2.05, 4.69) is 5.32 Å². The number of benzene rings is 1. The first-order chi connectivity index (χ1) is 8.97. The van der Waals surface area contributed by atoms with Gasteiger partial charge in [-0.3, -0.25) is 9.69 Å². The molecule has 102 valence electrons. The molecule has 0 saturated heterocycles. The summed E-state index contributed by atoms with van der Waals surface area (Å²) >= 11 is 0. The second kappa shape index (κ2) is 6.53. The van der Waals surface area contributed by atoms with E-state index >= 15 is 0 Å². The predicted molar refractivity (Wildman–Crippen MR) is 68.4 cm³/mol. The summed E-state index contributed by atoms with van der Waals surface area (Å²) in [5.74, 6) is -1.61. The maximum absolute atomic E-state index is 11.8. The van der Waals surface area contributed by atoms with Crippen LogP contribution in [-0.4, -0.2) is 34.5 Å². The Morgan fingerprint density at radius 2 is 1.84 bits per heavy atom. The van der Waals surface area contributed by atoms with Gasteiger partial charge in [-0.2, -0.15) is 0 Å². The van der Waals surface area contributed by atoms with Crippen molar-refractivity contribution in [1.82, 2.24) is 10.2 Å². The van der Waals surface area contributed by atoms with Crippen LogP contribution in [0.25, 0.3) is 0 Å². The van der Waals surface area contributed by atoms with E-state index in [1.165, 1.54) is 6.92 Å². The Bertz CT molecular complexity index is 473. The number of nitrogens with zero attached hydrogens (tertiary/aromatic N) is 1. The van der Waals surface area contributed by atoms with Crippen LogP contribution < -0.4 is 5.32 Å². The second-order valence-electron chi connectivity index (χ2n) is 3.89. The highest BCUT2D eigenvalue weighted by atomic mass is 16.4. The van der Waals surface area contributed by atoms with Gasteiger partial charge < -0.3 is 10.4 Å². The largest absolute Gasteiger partial charge is 0.479 e. The Balaban J connectivity index is 2.89. The van der Waals surface area contributed by atoms with Crippen molar-refractivity contribution >= 4 is 17.9 Å². The number of hydrogen-bond donors (Lipinski definition) is 2. The van der Waals surface area contributed by atoms with E-state index in [1.54, 1.807) is 37.3 Å². The van der Waals surface area contributed by atoms with Gasteiger partial charge in [-0.25, -0.2) is 9.59 Å². The number of hydrogen-bond acceptors (Lipinski definition) is 3. The first-order valence-corrected chi connectivity index (χ1v) is 5.83. The average molecular weight is 264 g/mol. The van der Waals surface area contributed by atoms with Gasteiger partial charge in [-0.1, -0.05) is 30.3 Å². The fourth-order valence-electron chi connectivity index (χ4n) is 1.64. The minimum Gasteiger partial charge on any atom is -0.479 e. The topological polar surface area (TPSA) is 86.7 Å². The number of carbonyl (C=O) groups is 3. The van der Waals surface area contributed by atoms with Crippen LogP contribution in [-0.2, 0) is 9.59 Å². The molecule has 0 saturated carbocycles. The first-order valence-electron chi connectivity index (χ1n) is 5.83. The molecule has 3 amide bonds. The minimum absolute atomic E-state index is 0.183. The molecule has 0 bridgehead atoms. The monoisotopic (exact) mass is 264 g/mol. The molecule has 1 rings (SSSR count). The predicted octanol–water partition coefficient (Wildman–Crippen LogP) is 1.39. The summed E-state index contributed by atoms with van der Waals surface area (Å²) in [6, 6.07) is 6.41. The van der Waals surface area contributed by atoms with Crippen molar-refractivity contribution < 1.29 is 19.5 Å². The van der Waals surface area contributed by atoms with Gasteiger partial charge in [0.2, 0.25) is 5.91 Å². The van der Waals surface area contributed by atoms with Crippen LogP contribution in [0.2, 0.25) is 0 Å². The van der Waals surface area contributed by atoms with Crippen LogP contribution in [0.4, 0.5) is 4.79 Å². The van der Waals surface area contributed by atoms with Gasteiger partial charge in [0.15, 0.2) is 6.04 Å². The molecule has 2 N–H and O–H groups in total. The van der Waals surface area contributed by atoms with Crippen LogP contribution >= 0.6 is 0 Å². The summed E-state index contributed by atoms with van der Waals surface area (Å²) in [7, 11) is 0. The third-order valence-electron chi connectivity index (χ3n) is 2.59. The van der Waals surface area contributed by atoms with Gasteiger partial charge in [0.25, 0.3) is 0 Å². The Morgan fingerprint density at radius 3 is 2.26 bits per heavy atom. The molecule has 0 heterocycles. The van der Waals surface area contributed by atoms with Gasteiger partial charge in [0.1, 0.15) is 0 Å². The summed E-state index contributed by atoms with van der Waals surface area (Å²) < 4.78 is 0. The fourth-order valence-corrected chi connectivity index (χ4v) is 1.64.